The Kier molecular flexibility index (Phi) is 7.19. The van der Waals surface area contributed by atoms with Gasteiger partial charge in [-0.05, 0) is 58.1 Å². The summed E-state index contributed by atoms with van der Waals surface area (Å²) < 4.78 is 6.30. The Morgan fingerprint density at radius 3 is 2.57 bits per heavy atom. The largest absolute Gasteiger partial charge is 0.507 e. The number of rotatable bonds is 5. The van der Waals surface area contributed by atoms with E-state index in [0.29, 0.717) is 23.3 Å². The number of carboxylic acid groups (broad SMARTS) is 1. The predicted octanol–water partition coefficient (Wildman–Crippen LogP) is 6.46. The third-order valence-corrected chi connectivity index (χ3v) is 5.99. The summed E-state index contributed by atoms with van der Waals surface area (Å²) in [6.45, 7) is 12.4. The molecule has 2 aliphatic rings. The summed E-state index contributed by atoms with van der Waals surface area (Å²) in [4.78, 5) is 11.9. The number of ether oxygens (including phenoxy) is 1. The van der Waals surface area contributed by atoms with Crippen LogP contribution in [0.4, 0.5) is 0 Å². The van der Waals surface area contributed by atoms with Gasteiger partial charge in [0.05, 0.1) is 0 Å². The Labute approximate surface area is 169 Å². The number of aromatic hydroxyl groups is 1. The molecule has 0 spiro atoms. The van der Waals surface area contributed by atoms with E-state index < -0.39 is 5.97 Å². The molecular weight excluding hydrogens is 352 g/mol. The normalized spacial score (nSPS) is 22.0. The molecule has 1 aliphatic carbocycles. The van der Waals surface area contributed by atoms with Crippen molar-refractivity contribution >= 4 is 5.97 Å². The Hall–Kier alpha value is -1.97. The van der Waals surface area contributed by atoms with Gasteiger partial charge in [-0.1, -0.05) is 45.3 Å². The maximum atomic E-state index is 11.9. The molecule has 4 heteroatoms. The van der Waals surface area contributed by atoms with Gasteiger partial charge >= 0.3 is 5.97 Å². The van der Waals surface area contributed by atoms with Crippen LogP contribution < -0.4 is 4.74 Å². The summed E-state index contributed by atoms with van der Waals surface area (Å²) in [5.41, 5.74) is 2.34. The number of hydrogen-bond donors (Lipinski definition) is 2. The number of hydrogen-bond acceptors (Lipinski definition) is 3. The Bertz CT molecular complexity index is 745. The number of carbonyl (C=O) groups is 1. The van der Waals surface area contributed by atoms with Crippen molar-refractivity contribution in [2.24, 2.45) is 5.92 Å². The minimum Gasteiger partial charge on any atom is -0.507 e. The molecule has 4 nitrogen and oxygen atoms in total. The van der Waals surface area contributed by atoms with Crippen molar-refractivity contribution in [2.45, 2.75) is 91.6 Å². The van der Waals surface area contributed by atoms with E-state index in [1.165, 1.54) is 5.57 Å². The maximum Gasteiger partial charge on any atom is 0.339 e. The van der Waals surface area contributed by atoms with Crippen LogP contribution >= 0.6 is 0 Å². The number of benzene rings is 1. The average Bonchev–Trinajstić information content (AvgIpc) is 2.62. The summed E-state index contributed by atoms with van der Waals surface area (Å²) in [5.74, 6) is -0.272. The third-order valence-electron chi connectivity index (χ3n) is 5.99. The fourth-order valence-electron chi connectivity index (χ4n) is 4.61. The number of carboxylic acids is 1. The molecule has 0 saturated heterocycles. The molecule has 1 aromatic carbocycles. The molecule has 0 aromatic heterocycles. The molecule has 1 aliphatic heterocycles. The summed E-state index contributed by atoms with van der Waals surface area (Å²) in [5, 5.41) is 20.7. The second-order valence-electron chi connectivity index (χ2n) is 8.32. The van der Waals surface area contributed by atoms with E-state index in [1.54, 1.807) is 0 Å². The molecule has 28 heavy (non-hydrogen) atoms. The first-order chi connectivity index (χ1) is 13.3. The van der Waals surface area contributed by atoms with Gasteiger partial charge in [-0.15, -0.1) is 0 Å². The van der Waals surface area contributed by atoms with E-state index in [0.717, 1.165) is 32.1 Å². The van der Waals surface area contributed by atoms with Crippen LogP contribution in [0, 0.1) is 5.92 Å². The van der Waals surface area contributed by atoms with Gasteiger partial charge in [0.25, 0.3) is 0 Å². The van der Waals surface area contributed by atoms with E-state index in [1.807, 2.05) is 19.9 Å². The van der Waals surface area contributed by atoms with Gasteiger partial charge in [0, 0.05) is 17.4 Å². The van der Waals surface area contributed by atoms with Gasteiger partial charge in [-0.25, -0.2) is 4.79 Å². The highest BCUT2D eigenvalue weighted by atomic mass is 16.5. The van der Waals surface area contributed by atoms with E-state index >= 15 is 0 Å². The molecule has 0 amide bonds. The lowest BCUT2D eigenvalue weighted by molar-refractivity contribution is 0.0106. The highest BCUT2D eigenvalue weighted by Gasteiger charge is 2.46. The van der Waals surface area contributed by atoms with E-state index in [2.05, 4.69) is 33.8 Å². The predicted molar refractivity (Wildman–Crippen MR) is 114 cm³/mol. The quantitative estimate of drug-likeness (QED) is 0.449. The summed E-state index contributed by atoms with van der Waals surface area (Å²) in [6, 6.07) is 1.86. The first-order valence-corrected chi connectivity index (χ1v) is 10.7. The second kappa shape index (κ2) is 9.02. The van der Waals surface area contributed by atoms with Crippen molar-refractivity contribution in [1.82, 2.24) is 0 Å². The SMILES string of the molecule is CC.CCCCCc1cc2c(c(O)c1C(=O)O)[C@@H]1C=C(C)CC[C@H]1C(C)(C)O2. The third kappa shape index (κ3) is 4.21. The molecule has 0 unspecified atom stereocenters. The number of fused-ring (bicyclic) bond motifs is 3. The van der Waals surface area contributed by atoms with E-state index in [-0.39, 0.29) is 28.7 Å². The topological polar surface area (TPSA) is 66.8 Å². The van der Waals surface area contributed by atoms with Crippen molar-refractivity contribution in [3.8, 4) is 11.5 Å². The van der Waals surface area contributed by atoms with Crippen molar-refractivity contribution in [2.75, 3.05) is 0 Å². The van der Waals surface area contributed by atoms with Gasteiger partial charge in [-0.3, -0.25) is 0 Å². The lowest BCUT2D eigenvalue weighted by Gasteiger charge is -2.46. The number of aromatic carboxylic acids is 1. The molecule has 156 valence electrons. The number of phenols is 1. The van der Waals surface area contributed by atoms with Crippen LogP contribution in [-0.2, 0) is 6.42 Å². The number of allylic oxidation sites excluding steroid dienone is 2. The zero-order valence-electron chi connectivity index (χ0n) is 18.3. The van der Waals surface area contributed by atoms with E-state index in [4.69, 9.17) is 4.74 Å². The molecule has 0 saturated carbocycles. The first-order valence-electron chi connectivity index (χ1n) is 10.7. The smallest absolute Gasteiger partial charge is 0.339 e. The van der Waals surface area contributed by atoms with Crippen LogP contribution in [0.25, 0.3) is 0 Å². The number of unbranched alkanes of at least 4 members (excludes halogenated alkanes) is 2. The van der Waals surface area contributed by atoms with Gasteiger partial charge < -0.3 is 14.9 Å². The highest BCUT2D eigenvalue weighted by molar-refractivity contribution is 5.94. The van der Waals surface area contributed by atoms with Crippen LogP contribution in [0.2, 0.25) is 0 Å². The maximum absolute atomic E-state index is 11.9. The summed E-state index contributed by atoms with van der Waals surface area (Å²) in [6.07, 6.45) is 7.85. The lowest BCUT2D eigenvalue weighted by atomic mass is 9.67. The van der Waals surface area contributed by atoms with Crippen molar-refractivity contribution in [3.63, 3.8) is 0 Å². The monoisotopic (exact) mass is 388 g/mol. The fraction of sp³-hybridized carbons (Fsp3) is 0.625. The molecular formula is C24H36O4. The molecule has 0 bridgehead atoms. The van der Waals surface area contributed by atoms with Gasteiger partial charge in [-0.2, -0.15) is 0 Å². The number of aryl methyl sites for hydroxylation is 1. The van der Waals surface area contributed by atoms with Crippen LogP contribution in [0.3, 0.4) is 0 Å². The highest BCUT2D eigenvalue weighted by Crippen LogP contribution is 2.54. The summed E-state index contributed by atoms with van der Waals surface area (Å²) >= 11 is 0. The second-order valence-corrected chi connectivity index (χ2v) is 8.32. The van der Waals surface area contributed by atoms with Crippen molar-refractivity contribution in [1.29, 1.82) is 0 Å². The Morgan fingerprint density at radius 1 is 1.29 bits per heavy atom. The molecule has 0 radical (unpaired) electrons. The summed E-state index contributed by atoms with van der Waals surface area (Å²) in [7, 11) is 0. The zero-order chi connectivity index (χ0) is 21.1. The Balaban J connectivity index is 0.00000136. The van der Waals surface area contributed by atoms with Gasteiger partial charge in [0.1, 0.15) is 22.7 Å². The van der Waals surface area contributed by atoms with Crippen molar-refractivity contribution in [3.05, 3.63) is 34.4 Å². The molecule has 3 rings (SSSR count). The minimum absolute atomic E-state index is 0.00490. The molecule has 1 aromatic rings. The average molecular weight is 389 g/mol. The molecule has 2 N–H and O–H groups in total. The van der Waals surface area contributed by atoms with Crippen LogP contribution in [0.1, 0.15) is 101 Å². The standard InChI is InChI=1S/C22H30O4.C2H6/c1-5-6-7-8-14-12-17-19(20(23)18(14)21(24)25)15-11-13(2)9-10-16(15)22(3,4)26-17;1-2/h11-12,15-16,23H,5-10H2,1-4H3,(H,24,25);1-2H3/t15-,16-;/m1./s1. The molecule has 0 fully saturated rings. The lowest BCUT2D eigenvalue weighted by Crippen LogP contribution is -2.45. The fourth-order valence-corrected chi connectivity index (χ4v) is 4.61. The molecule has 2 atom stereocenters. The van der Waals surface area contributed by atoms with Gasteiger partial charge in [0.2, 0.25) is 0 Å². The van der Waals surface area contributed by atoms with E-state index in [9.17, 15) is 15.0 Å². The molecule has 1 heterocycles. The van der Waals surface area contributed by atoms with Crippen LogP contribution in [-0.4, -0.2) is 21.8 Å². The zero-order valence-corrected chi connectivity index (χ0v) is 18.3. The van der Waals surface area contributed by atoms with Crippen LogP contribution in [0.5, 0.6) is 11.5 Å². The van der Waals surface area contributed by atoms with Gasteiger partial charge in [0.15, 0.2) is 0 Å². The first kappa shape index (κ1) is 22.3. The Morgan fingerprint density at radius 2 is 1.96 bits per heavy atom. The van der Waals surface area contributed by atoms with Crippen molar-refractivity contribution < 1.29 is 19.7 Å². The van der Waals surface area contributed by atoms with Crippen LogP contribution in [0.15, 0.2) is 17.7 Å². The minimum atomic E-state index is -1.06.